The first-order chi connectivity index (χ1) is 8.19. The Morgan fingerprint density at radius 3 is 2.71 bits per heavy atom. The molecule has 1 rings (SSSR count). The van der Waals surface area contributed by atoms with E-state index in [1.807, 2.05) is 0 Å². The van der Waals surface area contributed by atoms with Gasteiger partial charge in [0.25, 0.3) is 0 Å². The molecule has 0 bridgehead atoms. The van der Waals surface area contributed by atoms with Crippen molar-refractivity contribution >= 4 is 0 Å². The molecule has 0 amide bonds. The van der Waals surface area contributed by atoms with Crippen molar-refractivity contribution in [2.75, 3.05) is 20.2 Å². The molecule has 0 aliphatic carbocycles. The van der Waals surface area contributed by atoms with Crippen molar-refractivity contribution < 1.29 is 4.74 Å². The minimum atomic E-state index is 0.481. The predicted molar refractivity (Wildman–Crippen MR) is 72.5 cm³/mol. The number of ether oxygens (including phenoxy) is 1. The molecule has 0 fully saturated rings. The predicted octanol–water partition coefficient (Wildman–Crippen LogP) is 2.26. The molecule has 0 aromatic heterocycles. The van der Waals surface area contributed by atoms with E-state index in [1.54, 1.807) is 7.11 Å². The highest BCUT2D eigenvalue weighted by Crippen LogP contribution is 2.27. The van der Waals surface area contributed by atoms with Gasteiger partial charge in [0.2, 0.25) is 0 Å². The van der Waals surface area contributed by atoms with Gasteiger partial charge in [-0.2, -0.15) is 0 Å². The van der Waals surface area contributed by atoms with Crippen molar-refractivity contribution in [3.63, 3.8) is 0 Å². The van der Waals surface area contributed by atoms with Gasteiger partial charge in [0, 0.05) is 6.54 Å². The van der Waals surface area contributed by atoms with Crippen LogP contribution in [0.5, 0.6) is 5.75 Å². The topological polar surface area (TPSA) is 47.3 Å². The highest BCUT2D eigenvalue weighted by Gasteiger charge is 2.07. The summed E-state index contributed by atoms with van der Waals surface area (Å²) in [5, 5.41) is 3.39. The number of rotatable bonds is 7. The third kappa shape index (κ3) is 4.36. The number of nitrogens with one attached hydrogen (secondary N) is 1. The third-order valence-corrected chi connectivity index (χ3v) is 2.80. The van der Waals surface area contributed by atoms with Crippen LogP contribution in [0.1, 0.15) is 37.3 Å². The standard InChI is InChI=1S/C14H24N2O/c1-11(2)13-9-12(5-6-14(13)17-3)10-16-8-4-7-15/h5-6,9,11,16H,4,7-8,10,15H2,1-3H3. The molecule has 3 N–H and O–H groups in total. The first kappa shape index (κ1) is 14.0. The Morgan fingerprint density at radius 2 is 2.12 bits per heavy atom. The normalized spacial score (nSPS) is 10.9. The second-order valence-electron chi connectivity index (χ2n) is 4.55. The smallest absolute Gasteiger partial charge is 0.122 e. The summed E-state index contributed by atoms with van der Waals surface area (Å²) in [5.41, 5.74) is 8.02. The first-order valence-corrected chi connectivity index (χ1v) is 6.26. The van der Waals surface area contributed by atoms with Crippen LogP contribution in [-0.2, 0) is 6.54 Å². The summed E-state index contributed by atoms with van der Waals surface area (Å²) in [5.74, 6) is 1.46. The molecule has 0 atom stereocenters. The Kier molecular flexibility index (Phi) is 6.01. The minimum Gasteiger partial charge on any atom is -0.496 e. The highest BCUT2D eigenvalue weighted by molar-refractivity contribution is 5.39. The molecule has 0 aliphatic heterocycles. The van der Waals surface area contributed by atoms with Gasteiger partial charge in [0.05, 0.1) is 7.11 Å². The van der Waals surface area contributed by atoms with Crippen LogP contribution in [0.15, 0.2) is 18.2 Å². The Hall–Kier alpha value is -1.06. The van der Waals surface area contributed by atoms with Gasteiger partial charge < -0.3 is 15.8 Å². The number of methoxy groups -OCH3 is 1. The minimum absolute atomic E-state index is 0.481. The van der Waals surface area contributed by atoms with E-state index >= 15 is 0 Å². The van der Waals surface area contributed by atoms with Crippen LogP contribution in [0.3, 0.4) is 0 Å². The van der Waals surface area contributed by atoms with E-state index < -0.39 is 0 Å². The molecule has 0 aliphatic rings. The fourth-order valence-electron chi connectivity index (χ4n) is 1.80. The molecular weight excluding hydrogens is 212 g/mol. The van der Waals surface area contributed by atoms with Crippen molar-refractivity contribution in [2.24, 2.45) is 5.73 Å². The van der Waals surface area contributed by atoms with E-state index in [9.17, 15) is 0 Å². The van der Waals surface area contributed by atoms with Gasteiger partial charge in [-0.15, -0.1) is 0 Å². The summed E-state index contributed by atoms with van der Waals surface area (Å²) < 4.78 is 5.37. The molecule has 96 valence electrons. The zero-order chi connectivity index (χ0) is 12.7. The van der Waals surface area contributed by atoms with Crippen LogP contribution >= 0.6 is 0 Å². The third-order valence-electron chi connectivity index (χ3n) is 2.80. The lowest BCUT2D eigenvalue weighted by molar-refractivity contribution is 0.407. The SMILES string of the molecule is COc1ccc(CNCCCN)cc1C(C)C. The first-order valence-electron chi connectivity index (χ1n) is 6.26. The van der Waals surface area contributed by atoms with Crippen LogP contribution in [0.25, 0.3) is 0 Å². The van der Waals surface area contributed by atoms with Gasteiger partial charge in [0.15, 0.2) is 0 Å². The molecule has 0 unspecified atom stereocenters. The largest absolute Gasteiger partial charge is 0.496 e. The van der Waals surface area contributed by atoms with Crippen molar-refractivity contribution in [3.8, 4) is 5.75 Å². The lowest BCUT2D eigenvalue weighted by atomic mass is 9.99. The summed E-state index contributed by atoms with van der Waals surface area (Å²) in [6, 6.07) is 6.38. The Morgan fingerprint density at radius 1 is 1.35 bits per heavy atom. The maximum Gasteiger partial charge on any atom is 0.122 e. The maximum atomic E-state index is 5.45. The fraction of sp³-hybridized carbons (Fsp3) is 0.571. The van der Waals surface area contributed by atoms with Gasteiger partial charge in [-0.3, -0.25) is 0 Å². The van der Waals surface area contributed by atoms with Gasteiger partial charge in [-0.25, -0.2) is 0 Å². The van der Waals surface area contributed by atoms with Gasteiger partial charge in [0.1, 0.15) is 5.75 Å². The lowest BCUT2D eigenvalue weighted by Crippen LogP contribution is -2.17. The number of hydrogen-bond donors (Lipinski definition) is 2. The monoisotopic (exact) mass is 236 g/mol. The zero-order valence-electron chi connectivity index (χ0n) is 11.1. The second kappa shape index (κ2) is 7.30. The molecule has 1 aromatic carbocycles. The molecule has 0 saturated heterocycles. The molecule has 3 nitrogen and oxygen atoms in total. The summed E-state index contributed by atoms with van der Waals surface area (Å²) in [6.07, 6.45) is 1.02. The van der Waals surface area contributed by atoms with E-state index in [0.29, 0.717) is 5.92 Å². The van der Waals surface area contributed by atoms with E-state index in [-0.39, 0.29) is 0 Å². The van der Waals surface area contributed by atoms with E-state index in [0.717, 1.165) is 31.8 Å². The van der Waals surface area contributed by atoms with Gasteiger partial charge in [-0.05, 0) is 42.6 Å². The molecule has 17 heavy (non-hydrogen) atoms. The van der Waals surface area contributed by atoms with Crippen molar-refractivity contribution in [3.05, 3.63) is 29.3 Å². The summed E-state index contributed by atoms with van der Waals surface area (Å²) >= 11 is 0. The van der Waals surface area contributed by atoms with Crippen LogP contribution < -0.4 is 15.8 Å². The maximum absolute atomic E-state index is 5.45. The number of benzene rings is 1. The van der Waals surface area contributed by atoms with E-state index in [2.05, 4.69) is 37.4 Å². The van der Waals surface area contributed by atoms with Crippen LogP contribution in [0.2, 0.25) is 0 Å². The van der Waals surface area contributed by atoms with E-state index in [1.165, 1.54) is 11.1 Å². The molecular formula is C14H24N2O. The number of hydrogen-bond acceptors (Lipinski definition) is 3. The van der Waals surface area contributed by atoms with Crippen LogP contribution in [0.4, 0.5) is 0 Å². The van der Waals surface area contributed by atoms with Crippen LogP contribution in [-0.4, -0.2) is 20.2 Å². The fourth-order valence-corrected chi connectivity index (χ4v) is 1.80. The van der Waals surface area contributed by atoms with Crippen LogP contribution in [0, 0.1) is 0 Å². The molecule has 0 radical (unpaired) electrons. The molecule has 1 aromatic rings. The average Bonchev–Trinajstić information content (AvgIpc) is 2.34. The summed E-state index contributed by atoms with van der Waals surface area (Å²) in [7, 11) is 1.72. The Balaban J connectivity index is 2.64. The van der Waals surface area contributed by atoms with Crippen molar-refractivity contribution in [1.82, 2.24) is 5.32 Å². The van der Waals surface area contributed by atoms with Crippen molar-refractivity contribution in [1.29, 1.82) is 0 Å². The zero-order valence-corrected chi connectivity index (χ0v) is 11.1. The van der Waals surface area contributed by atoms with E-state index in [4.69, 9.17) is 10.5 Å². The molecule has 3 heteroatoms. The average molecular weight is 236 g/mol. The quantitative estimate of drug-likeness (QED) is 0.714. The number of nitrogens with two attached hydrogens (primary N) is 1. The highest BCUT2D eigenvalue weighted by atomic mass is 16.5. The summed E-state index contributed by atoms with van der Waals surface area (Å²) in [6.45, 7) is 6.98. The molecule has 0 heterocycles. The lowest BCUT2D eigenvalue weighted by Gasteiger charge is -2.14. The van der Waals surface area contributed by atoms with Crippen molar-refractivity contribution in [2.45, 2.75) is 32.7 Å². The molecule has 0 saturated carbocycles. The van der Waals surface area contributed by atoms with Gasteiger partial charge >= 0.3 is 0 Å². The summed E-state index contributed by atoms with van der Waals surface area (Å²) in [4.78, 5) is 0. The molecule has 0 spiro atoms. The Bertz CT molecular complexity index is 337. The second-order valence-corrected chi connectivity index (χ2v) is 4.55. The van der Waals surface area contributed by atoms with Gasteiger partial charge in [-0.1, -0.05) is 26.0 Å². The Labute approximate surface area is 104 Å².